The molecule has 2 aliphatic heterocycles. The third-order valence-electron chi connectivity index (χ3n) is 4.69. The van der Waals surface area contributed by atoms with E-state index in [1.54, 1.807) is 25.7 Å². The molecule has 2 aliphatic rings. The van der Waals surface area contributed by atoms with Crippen LogP contribution in [0.15, 0.2) is 0 Å². The maximum Gasteiger partial charge on any atom is 0.149 e. The van der Waals surface area contributed by atoms with E-state index in [9.17, 15) is 0 Å². The van der Waals surface area contributed by atoms with Gasteiger partial charge in [-0.2, -0.15) is 0 Å². The van der Waals surface area contributed by atoms with E-state index in [2.05, 4.69) is 13.8 Å². The fourth-order valence-electron chi connectivity index (χ4n) is 3.93. The summed E-state index contributed by atoms with van der Waals surface area (Å²) in [5, 5.41) is 0. The van der Waals surface area contributed by atoms with Crippen molar-refractivity contribution in [3.63, 3.8) is 0 Å². The molecule has 0 aromatic heterocycles. The molecule has 2 rings (SSSR count). The van der Waals surface area contributed by atoms with Crippen molar-refractivity contribution in [3.8, 4) is 0 Å². The Kier molecular flexibility index (Phi) is 3.01. The molecule has 13 heavy (non-hydrogen) atoms. The van der Waals surface area contributed by atoms with Gasteiger partial charge in [-0.15, -0.1) is 0 Å². The van der Waals surface area contributed by atoms with Gasteiger partial charge < -0.3 is 0 Å². The van der Waals surface area contributed by atoms with Crippen molar-refractivity contribution >= 4 is 6.71 Å². The lowest BCUT2D eigenvalue weighted by Gasteiger charge is -2.43. The highest BCUT2D eigenvalue weighted by molar-refractivity contribution is 6.64. The molecule has 1 heteroatoms. The minimum absolute atomic E-state index is 0.996. The van der Waals surface area contributed by atoms with Gasteiger partial charge >= 0.3 is 0 Å². The fourth-order valence-corrected chi connectivity index (χ4v) is 3.93. The van der Waals surface area contributed by atoms with Gasteiger partial charge in [0.1, 0.15) is 6.71 Å². The first kappa shape index (κ1) is 9.61. The second-order valence-electron chi connectivity index (χ2n) is 5.34. The second kappa shape index (κ2) is 4.06. The number of hydrogen-bond acceptors (Lipinski definition) is 0. The molecule has 2 fully saturated rings. The summed E-state index contributed by atoms with van der Waals surface area (Å²) in [6.45, 7) is 5.96. The van der Waals surface area contributed by atoms with Gasteiger partial charge in [0.05, 0.1) is 0 Å². The zero-order valence-electron chi connectivity index (χ0n) is 9.26. The van der Waals surface area contributed by atoms with E-state index in [-0.39, 0.29) is 0 Å². The van der Waals surface area contributed by atoms with Gasteiger partial charge in [-0.25, -0.2) is 0 Å². The molecule has 0 aliphatic carbocycles. The first-order valence-corrected chi connectivity index (χ1v) is 6.33. The zero-order valence-corrected chi connectivity index (χ0v) is 9.26. The van der Waals surface area contributed by atoms with Crippen molar-refractivity contribution in [2.45, 2.75) is 76.2 Å². The van der Waals surface area contributed by atoms with Crippen LogP contribution in [-0.4, -0.2) is 6.71 Å². The Morgan fingerprint density at radius 3 is 1.92 bits per heavy atom. The third-order valence-corrected chi connectivity index (χ3v) is 4.69. The van der Waals surface area contributed by atoms with E-state index in [0.29, 0.717) is 0 Å². The van der Waals surface area contributed by atoms with Gasteiger partial charge in [0.25, 0.3) is 0 Å². The van der Waals surface area contributed by atoms with Crippen molar-refractivity contribution in [2.75, 3.05) is 0 Å². The average molecular weight is 178 g/mol. The van der Waals surface area contributed by atoms with Crippen LogP contribution in [0, 0.1) is 0 Å². The summed E-state index contributed by atoms with van der Waals surface area (Å²) in [4.78, 5) is 0. The molecule has 2 heterocycles. The van der Waals surface area contributed by atoms with Crippen molar-refractivity contribution in [2.24, 2.45) is 0 Å². The van der Waals surface area contributed by atoms with Crippen LogP contribution in [0.5, 0.6) is 0 Å². The molecule has 74 valence electrons. The molecule has 0 amide bonds. The topological polar surface area (TPSA) is 0 Å². The molecule has 1 atom stereocenters. The lowest BCUT2D eigenvalue weighted by atomic mass is 9.22. The first-order valence-electron chi connectivity index (χ1n) is 6.33. The molecular formula is C12H23B. The molecular weight excluding hydrogens is 155 g/mol. The van der Waals surface area contributed by atoms with Crippen molar-refractivity contribution in [1.82, 2.24) is 0 Å². The predicted octanol–water partition coefficient (Wildman–Crippen LogP) is 4.39. The van der Waals surface area contributed by atoms with Gasteiger partial charge in [-0.1, -0.05) is 76.2 Å². The average Bonchev–Trinajstić information content (AvgIpc) is 2.15. The van der Waals surface area contributed by atoms with Crippen LogP contribution >= 0.6 is 0 Å². The Balaban J connectivity index is 2.06. The molecule has 0 aromatic carbocycles. The molecule has 0 saturated carbocycles. The Bertz CT molecular complexity index is 145. The molecule has 2 bridgehead atoms. The largest absolute Gasteiger partial charge is 0.149 e. The molecule has 0 radical (unpaired) electrons. The van der Waals surface area contributed by atoms with E-state index >= 15 is 0 Å². The number of hydrogen-bond donors (Lipinski definition) is 0. The number of fused-ring (bicyclic) bond motifs is 2. The highest BCUT2D eigenvalue weighted by Crippen LogP contribution is 2.50. The Labute approximate surface area is 83.6 Å². The smallest absolute Gasteiger partial charge is 0.0691 e. The molecule has 0 spiro atoms. The maximum absolute atomic E-state index is 2.49. The van der Waals surface area contributed by atoms with Crippen LogP contribution in [0.3, 0.4) is 0 Å². The summed E-state index contributed by atoms with van der Waals surface area (Å²) >= 11 is 0. The van der Waals surface area contributed by atoms with Crippen molar-refractivity contribution in [3.05, 3.63) is 0 Å². The lowest BCUT2D eigenvalue weighted by Crippen LogP contribution is -2.37. The maximum atomic E-state index is 2.49. The highest BCUT2D eigenvalue weighted by atomic mass is 14.3. The summed E-state index contributed by atoms with van der Waals surface area (Å²) in [5.74, 6) is 3.22. The molecule has 0 N–H and O–H groups in total. The van der Waals surface area contributed by atoms with Crippen LogP contribution in [-0.2, 0) is 0 Å². The van der Waals surface area contributed by atoms with Gasteiger partial charge in [0.15, 0.2) is 0 Å². The van der Waals surface area contributed by atoms with Crippen LogP contribution in [0.2, 0.25) is 17.5 Å². The van der Waals surface area contributed by atoms with Gasteiger partial charge in [-0.3, -0.25) is 0 Å². The van der Waals surface area contributed by atoms with Gasteiger partial charge in [-0.05, 0) is 0 Å². The van der Waals surface area contributed by atoms with E-state index in [4.69, 9.17) is 0 Å². The lowest BCUT2D eigenvalue weighted by molar-refractivity contribution is 0.434. The summed E-state index contributed by atoms with van der Waals surface area (Å²) in [7, 11) is 0. The Hall–Kier alpha value is 0.0649. The fraction of sp³-hybridized carbons (Fsp3) is 1.00. The Morgan fingerprint density at radius 2 is 1.54 bits per heavy atom. The summed E-state index contributed by atoms with van der Waals surface area (Å²) in [6.07, 6.45) is 10.6. The minimum Gasteiger partial charge on any atom is -0.0691 e. The molecule has 0 nitrogen and oxygen atoms in total. The zero-order chi connectivity index (χ0) is 9.26. The quantitative estimate of drug-likeness (QED) is 0.550. The highest BCUT2D eigenvalue weighted by Gasteiger charge is 2.41. The van der Waals surface area contributed by atoms with Crippen LogP contribution in [0.25, 0.3) is 0 Å². The van der Waals surface area contributed by atoms with Crippen LogP contribution < -0.4 is 0 Å². The second-order valence-corrected chi connectivity index (χ2v) is 5.34. The van der Waals surface area contributed by atoms with Gasteiger partial charge in [0, 0.05) is 0 Å². The standard InChI is InChI=1S/C12H23B/c1-3-10(2)13-11-6-4-7-12(13)9-5-8-11/h10-12H,3-9H2,1-2H3/t10-,11?,12?/m0/s1. The monoisotopic (exact) mass is 178 g/mol. The normalized spacial score (nSPS) is 36.0. The SMILES string of the molecule is CC[C@H](C)B1C2CCCC1CCC2. The minimum atomic E-state index is 0.996. The summed E-state index contributed by atoms with van der Waals surface area (Å²) in [5.41, 5.74) is 0. The van der Waals surface area contributed by atoms with Crippen LogP contribution in [0.1, 0.15) is 58.8 Å². The molecule has 0 aromatic rings. The Morgan fingerprint density at radius 1 is 1.08 bits per heavy atom. The van der Waals surface area contributed by atoms with Crippen molar-refractivity contribution < 1.29 is 0 Å². The van der Waals surface area contributed by atoms with E-state index in [1.165, 1.54) is 19.3 Å². The van der Waals surface area contributed by atoms with Crippen LogP contribution in [0.4, 0.5) is 0 Å². The number of rotatable bonds is 2. The summed E-state index contributed by atoms with van der Waals surface area (Å²) < 4.78 is 0. The summed E-state index contributed by atoms with van der Waals surface area (Å²) in [6, 6.07) is 0. The predicted molar refractivity (Wildman–Crippen MR) is 60.7 cm³/mol. The van der Waals surface area contributed by atoms with E-state index in [0.717, 1.165) is 24.2 Å². The third kappa shape index (κ3) is 1.80. The van der Waals surface area contributed by atoms with E-state index < -0.39 is 0 Å². The van der Waals surface area contributed by atoms with E-state index in [1.807, 2.05) is 0 Å². The molecule has 0 unspecified atom stereocenters. The van der Waals surface area contributed by atoms with Crippen molar-refractivity contribution in [1.29, 1.82) is 0 Å². The molecule has 2 saturated heterocycles. The van der Waals surface area contributed by atoms with Gasteiger partial charge in [0.2, 0.25) is 0 Å². The first-order chi connectivity index (χ1) is 6.33.